The smallest absolute Gasteiger partial charge is 0.335 e. The van der Waals surface area contributed by atoms with E-state index in [-0.39, 0.29) is 42.0 Å². The molecule has 0 bridgehead atoms. The number of halogens is 1. The fourth-order valence-electron chi connectivity index (χ4n) is 3.30. The molecule has 1 N–H and O–H groups in total. The molecule has 2 aliphatic rings. The average molecular weight is 351 g/mol. The zero-order valence-corrected chi connectivity index (χ0v) is 14.4. The van der Waals surface area contributed by atoms with Gasteiger partial charge >= 0.3 is 5.97 Å². The van der Waals surface area contributed by atoms with Crippen LogP contribution in [0.5, 0.6) is 5.75 Å². The molecule has 7 heteroatoms. The van der Waals surface area contributed by atoms with Gasteiger partial charge in [0.15, 0.2) is 0 Å². The van der Waals surface area contributed by atoms with E-state index in [1.54, 1.807) is 4.90 Å². The number of aromatic carboxylic acids is 1. The van der Waals surface area contributed by atoms with Crippen molar-refractivity contribution in [2.45, 2.75) is 39.3 Å². The summed E-state index contributed by atoms with van der Waals surface area (Å²) < 4.78 is 25.4. The van der Waals surface area contributed by atoms with Gasteiger partial charge in [0.1, 0.15) is 18.2 Å². The molecule has 0 unspecified atom stereocenters. The minimum Gasteiger partial charge on any atom is -0.491 e. The number of rotatable bonds is 2. The molecular formula is C18H22FNO5. The summed E-state index contributed by atoms with van der Waals surface area (Å²) in [5.41, 5.74) is -0.479. The minimum absolute atomic E-state index is 0.0403. The van der Waals surface area contributed by atoms with Gasteiger partial charge in [-0.15, -0.1) is 0 Å². The van der Waals surface area contributed by atoms with Crippen molar-refractivity contribution in [1.82, 2.24) is 4.90 Å². The molecule has 0 radical (unpaired) electrons. The normalized spacial score (nSPS) is 22.5. The number of ether oxygens (including phenoxy) is 2. The first-order chi connectivity index (χ1) is 11.8. The molecule has 0 aromatic heterocycles. The van der Waals surface area contributed by atoms with Crippen molar-refractivity contribution in [2.75, 3.05) is 19.8 Å². The van der Waals surface area contributed by atoms with Gasteiger partial charge in [0.2, 0.25) is 5.91 Å². The van der Waals surface area contributed by atoms with Crippen LogP contribution < -0.4 is 4.74 Å². The Morgan fingerprint density at radius 2 is 2.00 bits per heavy atom. The third-order valence-electron chi connectivity index (χ3n) is 5.12. The number of carbonyl (C=O) groups is 2. The summed E-state index contributed by atoms with van der Waals surface area (Å²) in [4.78, 5) is 25.9. The summed E-state index contributed by atoms with van der Waals surface area (Å²) in [5, 5.41) is 9.08. The van der Waals surface area contributed by atoms with E-state index in [1.807, 2.05) is 13.8 Å². The number of carboxylic acids is 1. The lowest BCUT2D eigenvalue weighted by Crippen LogP contribution is -2.49. The van der Waals surface area contributed by atoms with E-state index in [1.165, 1.54) is 6.07 Å². The molecule has 0 aliphatic carbocycles. The maximum atomic E-state index is 14.5. The van der Waals surface area contributed by atoms with Crippen molar-refractivity contribution < 1.29 is 28.6 Å². The first-order valence-electron chi connectivity index (χ1n) is 8.39. The molecule has 6 nitrogen and oxygen atoms in total. The van der Waals surface area contributed by atoms with Crippen molar-refractivity contribution in [3.05, 3.63) is 29.1 Å². The molecule has 0 saturated carbocycles. The number of benzene rings is 1. The second-order valence-corrected chi connectivity index (χ2v) is 7.01. The molecule has 1 fully saturated rings. The highest BCUT2D eigenvalue weighted by Crippen LogP contribution is 2.36. The Kier molecular flexibility index (Phi) is 4.69. The number of hydrogen-bond acceptors (Lipinski definition) is 4. The number of nitrogens with zero attached hydrogens (tertiary/aromatic N) is 1. The van der Waals surface area contributed by atoms with Crippen LogP contribution in [0.4, 0.5) is 4.39 Å². The van der Waals surface area contributed by atoms with E-state index in [4.69, 9.17) is 14.6 Å². The zero-order chi connectivity index (χ0) is 18.2. The second kappa shape index (κ2) is 6.63. The molecule has 136 valence electrons. The quantitative estimate of drug-likeness (QED) is 0.886. The monoisotopic (exact) mass is 351 g/mol. The van der Waals surface area contributed by atoms with Crippen LogP contribution in [-0.2, 0) is 16.1 Å². The Bertz CT molecular complexity index is 699. The molecule has 1 saturated heterocycles. The molecule has 0 spiro atoms. The van der Waals surface area contributed by atoms with Gasteiger partial charge in [-0.1, -0.05) is 6.92 Å². The first-order valence-corrected chi connectivity index (χ1v) is 8.39. The van der Waals surface area contributed by atoms with Gasteiger partial charge in [0, 0.05) is 18.8 Å². The summed E-state index contributed by atoms with van der Waals surface area (Å²) in [6.45, 7) is 5.09. The molecule has 3 rings (SSSR count). The molecular weight excluding hydrogens is 329 g/mol. The van der Waals surface area contributed by atoms with Crippen LogP contribution in [0, 0.1) is 11.2 Å². The van der Waals surface area contributed by atoms with Gasteiger partial charge in [-0.3, -0.25) is 4.79 Å². The van der Waals surface area contributed by atoms with Crippen molar-refractivity contribution in [3.8, 4) is 5.75 Å². The summed E-state index contributed by atoms with van der Waals surface area (Å²) in [6, 6.07) is 2.05. The van der Waals surface area contributed by atoms with Crippen LogP contribution in [0.2, 0.25) is 0 Å². The third kappa shape index (κ3) is 3.33. The van der Waals surface area contributed by atoms with Crippen molar-refractivity contribution >= 4 is 11.9 Å². The third-order valence-corrected chi connectivity index (χ3v) is 5.12. The van der Waals surface area contributed by atoms with Crippen LogP contribution in [0.1, 0.15) is 42.6 Å². The van der Waals surface area contributed by atoms with Crippen LogP contribution in [-0.4, -0.2) is 47.7 Å². The fraction of sp³-hybridized carbons (Fsp3) is 0.556. The SMILES string of the molecule is C[C@H]1COc2cc(C(=O)O)cc(F)c2CN1C(=O)C1(C)CCOCC1. The van der Waals surface area contributed by atoms with Gasteiger partial charge in [0.05, 0.1) is 23.6 Å². The van der Waals surface area contributed by atoms with Gasteiger partial charge in [-0.05, 0) is 31.9 Å². The largest absolute Gasteiger partial charge is 0.491 e. The predicted molar refractivity (Wildman–Crippen MR) is 87.0 cm³/mol. The van der Waals surface area contributed by atoms with Gasteiger partial charge in [0.25, 0.3) is 0 Å². The maximum Gasteiger partial charge on any atom is 0.335 e. The molecule has 2 aliphatic heterocycles. The van der Waals surface area contributed by atoms with E-state index < -0.39 is 17.2 Å². The lowest BCUT2D eigenvalue weighted by atomic mass is 9.80. The summed E-state index contributed by atoms with van der Waals surface area (Å²) in [6.07, 6.45) is 1.26. The zero-order valence-electron chi connectivity index (χ0n) is 14.4. The number of carboxylic acid groups (broad SMARTS) is 1. The molecule has 1 aromatic rings. The predicted octanol–water partition coefficient (Wildman–Crippen LogP) is 2.45. The number of carbonyl (C=O) groups excluding carboxylic acids is 1. The highest BCUT2D eigenvalue weighted by molar-refractivity contribution is 5.88. The molecule has 1 amide bonds. The van der Waals surface area contributed by atoms with E-state index in [0.29, 0.717) is 26.1 Å². The highest BCUT2D eigenvalue weighted by Gasteiger charge is 2.41. The summed E-state index contributed by atoms with van der Waals surface area (Å²) >= 11 is 0. The van der Waals surface area contributed by atoms with Crippen molar-refractivity contribution in [2.24, 2.45) is 5.41 Å². The lowest BCUT2D eigenvalue weighted by molar-refractivity contribution is -0.149. The fourth-order valence-corrected chi connectivity index (χ4v) is 3.30. The second-order valence-electron chi connectivity index (χ2n) is 7.01. The van der Waals surface area contributed by atoms with E-state index in [0.717, 1.165) is 6.07 Å². The van der Waals surface area contributed by atoms with Crippen LogP contribution in [0.15, 0.2) is 12.1 Å². The molecule has 25 heavy (non-hydrogen) atoms. The standard InChI is InChI=1S/C18H22FNO5/c1-11-10-25-15-8-12(16(21)22)7-14(19)13(15)9-20(11)17(23)18(2)3-5-24-6-4-18/h7-8,11H,3-6,9-10H2,1-2H3,(H,21,22)/t11-/m0/s1. The van der Waals surface area contributed by atoms with Crippen LogP contribution >= 0.6 is 0 Å². The molecule has 1 aromatic carbocycles. The first kappa shape index (κ1) is 17.7. The topological polar surface area (TPSA) is 76.1 Å². The van der Waals surface area contributed by atoms with Crippen molar-refractivity contribution in [3.63, 3.8) is 0 Å². The lowest BCUT2D eigenvalue weighted by Gasteiger charge is -2.38. The maximum absolute atomic E-state index is 14.5. The van der Waals surface area contributed by atoms with Crippen molar-refractivity contribution in [1.29, 1.82) is 0 Å². The number of hydrogen-bond donors (Lipinski definition) is 1. The van der Waals surface area contributed by atoms with Crippen LogP contribution in [0.25, 0.3) is 0 Å². The Labute approximate surface area is 145 Å². The Morgan fingerprint density at radius 3 is 2.64 bits per heavy atom. The molecule has 1 atom stereocenters. The van der Waals surface area contributed by atoms with Crippen LogP contribution in [0.3, 0.4) is 0 Å². The Hall–Kier alpha value is -2.15. The van der Waals surface area contributed by atoms with Gasteiger partial charge in [-0.2, -0.15) is 0 Å². The van der Waals surface area contributed by atoms with Gasteiger partial charge < -0.3 is 19.5 Å². The van der Waals surface area contributed by atoms with E-state index in [2.05, 4.69) is 0 Å². The minimum atomic E-state index is -1.22. The summed E-state index contributed by atoms with van der Waals surface area (Å²) in [5.74, 6) is -1.73. The van der Waals surface area contributed by atoms with E-state index in [9.17, 15) is 14.0 Å². The molecule has 2 heterocycles. The van der Waals surface area contributed by atoms with Gasteiger partial charge in [-0.25, -0.2) is 9.18 Å². The Morgan fingerprint density at radius 1 is 1.32 bits per heavy atom. The number of amides is 1. The number of fused-ring (bicyclic) bond motifs is 1. The summed E-state index contributed by atoms with van der Waals surface area (Å²) in [7, 11) is 0. The van der Waals surface area contributed by atoms with E-state index >= 15 is 0 Å². The average Bonchev–Trinajstić information content (AvgIpc) is 2.74. The highest BCUT2D eigenvalue weighted by atomic mass is 19.1. The Balaban J connectivity index is 1.92.